The Hall–Kier alpha value is -2.17. The second-order valence-electron chi connectivity index (χ2n) is 7.70. The summed E-state index contributed by atoms with van der Waals surface area (Å²) < 4.78 is 151. The number of carboxylic acids is 1. The standard InChI is InChI=1S/C18H21F11N2O4/c1-3-8(4-2)35-10-6-7(12(32)33)5-9(30)11(10)31-13(34)14(19,20)15(21,22)16(23,24)17(25,26)18(27,28)29/h6,8-11H,3-5,30H2,1-2H3,(H,31,34)(H,32,33)/t9-,10+,11+/m0/s1. The molecule has 0 fully saturated rings. The summed E-state index contributed by atoms with van der Waals surface area (Å²) in [6.07, 6.45) is -9.15. The van der Waals surface area contributed by atoms with Gasteiger partial charge in [0, 0.05) is 11.6 Å². The van der Waals surface area contributed by atoms with Crippen LogP contribution in [0.5, 0.6) is 0 Å². The lowest BCUT2D eigenvalue weighted by Crippen LogP contribution is -2.70. The van der Waals surface area contributed by atoms with E-state index in [1.807, 2.05) is 0 Å². The van der Waals surface area contributed by atoms with Gasteiger partial charge in [-0.25, -0.2) is 4.79 Å². The normalized spacial score (nSPS) is 22.7. The molecule has 0 heterocycles. The summed E-state index contributed by atoms with van der Waals surface area (Å²) in [7, 11) is 0. The molecule has 0 saturated carbocycles. The maximum absolute atomic E-state index is 14.1. The maximum Gasteiger partial charge on any atom is 0.460 e. The molecule has 1 amide bonds. The van der Waals surface area contributed by atoms with Gasteiger partial charge in [0.15, 0.2) is 0 Å². The van der Waals surface area contributed by atoms with Crippen LogP contribution in [0.2, 0.25) is 0 Å². The van der Waals surface area contributed by atoms with Crippen molar-refractivity contribution in [1.82, 2.24) is 5.32 Å². The lowest BCUT2D eigenvalue weighted by atomic mass is 9.87. The number of amides is 1. The predicted molar refractivity (Wildman–Crippen MR) is 95.3 cm³/mol. The molecule has 0 bridgehead atoms. The van der Waals surface area contributed by atoms with Crippen molar-refractivity contribution in [2.45, 2.75) is 87.3 Å². The van der Waals surface area contributed by atoms with Crippen molar-refractivity contribution in [1.29, 1.82) is 0 Å². The number of aliphatic carboxylic acids is 1. The van der Waals surface area contributed by atoms with Crippen molar-refractivity contribution in [2.75, 3.05) is 0 Å². The van der Waals surface area contributed by atoms with E-state index in [2.05, 4.69) is 0 Å². The highest BCUT2D eigenvalue weighted by molar-refractivity contribution is 5.88. The second-order valence-corrected chi connectivity index (χ2v) is 7.70. The van der Waals surface area contributed by atoms with Gasteiger partial charge in [-0.2, -0.15) is 48.3 Å². The highest BCUT2D eigenvalue weighted by atomic mass is 19.4. The zero-order valence-electron chi connectivity index (χ0n) is 17.9. The van der Waals surface area contributed by atoms with Crippen molar-refractivity contribution in [2.24, 2.45) is 5.73 Å². The number of halogens is 11. The quantitative estimate of drug-likeness (QED) is 0.367. The first-order valence-corrected chi connectivity index (χ1v) is 9.84. The molecule has 1 aliphatic carbocycles. The summed E-state index contributed by atoms with van der Waals surface area (Å²) >= 11 is 0. The van der Waals surface area contributed by atoms with Gasteiger partial charge in [0.25, 0.3) is 5.91 Å². The van der Waals surface area contributed by atoms with E-state index >= 15 is 0 Å². The molecule has 1 aliphatic rings. The lowest BCUT2D eigenvalue weighted by molar-refractivity contribution is -0.417. The summed E-state index contributed by atoms with van der Waals surface area (Å²) in [6.45, 7) is 3.15. The first kappa shape index (κ1) is 30.9. The van der Waals surface area contributed by atoms with Crippen LogP contribution in [0.4, 0.5) is 48.3 Å². The molecule has 4 N–H and O–H groups in total. The van der Waals surface area contributed by atoms with Gasteiger partial charge in [-0.15, -0.1) is 0 Å². The van der Waals surface area contributed by atoms with E-state index in [-0.39, 0.29) is 12.8 Å². The van der Waals surface area contributed by atoms with Crippen LogP contribution in [0.3, 0.4) is 0 Å². The van der Waals surface area contributed by atoms with Gasteiger partial charge >= 0.3 is 35.8 Å². The number of nitrogens with two attached hydrogens (primary N) is 1. The number of ether oxygens (including phenoxy) is 1. The molecule has 0 saturated heterocycles. The number of hydrogen-bond donors (Lipinski definition) is 3. The van der Waals surface area contributed by atoms with E-state index in [9.17, 15) is 57.9 Å². The number of alkyl halides is 11. The van der Waals surface area contributed by atoms with Crippen molar-refractivity contribution in [3.63, 3.8) is 0 Å². The van der Waals surface area contributed by atoms with Gasteiger partial charge < -0.3 is 20.9 Å². The molecule has 35 heavy (non-hydrogen) atoms. The molecule has 204 valence electrons. The Morgan fingerprint density at radius 1 is 1.00 bits per heavy atom. The smallest absolute Gasteiger partial charge is 0.460 e. The number of rotatable bonds is 10. The summed E-state index contributed by atoms with van der Waals surface area (Å²) in [6, 6.07) is -3.61. The van der Waals surface area contributed by atoms with Gasteiger partial charge in [0.05, 0.1) is 18.2 Å². The minimum Gasteiger partial charge on any atom is -0.478 e. The number of carbonyl (C=O) groups is 2. The molecule has 0 aromatic heterocycles. The predicted octanol–water partition coefficient (Wildman–Crippen LogP) is 3.89. The molecule has 0 aromatic carbocycles. The van der Waals surface area contributed by atoms with Crippen molar-refractivity contribution in [3.8, 4) is 0 Å². The monoisotopic (exact) mass is 538 g/mol. The molecule has 1 rings (SSSR count). The number of carbonyl (C=O) groups excluding carboxylic acids is 1. The largest absolute Gasteiger partial charge is 0.478 e. The van der Waals surface area contributed by atoms with E-state index in [0.717, 1.165) is 11.4 Å². The fourth-order valence-electron chi connectivity index (χ4n) is 3.13. The Labute approximate surface area is 190 Å². The van der Waals surface area contributed by atoms with Crippen molar-refractivity contribution in [3.05, 3.63) is 11.6 Å². The maximum atomic E-state index is 14.1. The zero-order chi connectivity index (χ0) is 27.8. The Morgan fingerprint density at radius 3 is 1.89 bits per heavy atom. The summed E-state index contributed by atoms with van der Waals surface area (Å²) in [4.78, 5) is 23.1. The summed E-state index contributed by atoms with van der Waals surface area (Å²) in [5, 5.41) is 10.3. The van der Waals surface area contributed by atoms with Gasteiger partial charge in [0.2, 0.25) is 0 Å². The van der Waals surface area contributed by atoms with Crippen LogP contribution < -0.4 is 11.1 Å². The van der Waals surface area contributed by atoms with Crippen LogP contribution in [0, 0.1) is 0 Å². The van der Waals surface area contributed by atoms with E-state index in [1.54, 1.807) is 13.8 Å². The molecular formula is C18H21F11N2O4. The molecule has 6 nitrogen and oxygen atoms in total. The zero-order valence-corrected chi connectivity index (χ0v) is 17.9. The molecular weight excluding hydrogens is 517 g/mol. The Balaban J connectivity index is 3.39. The van der Waals surface area contributed by atoms with Crippen LogP contribution in [0.25, 0.3) is 0 Å². The molecule has 3 atom stereocenters. The minimum atomic E-state index is -7.75. The molecule has 0 unspecified atom stereocenters. The number of nitrogens with one attached hydrogen (secondary N) is 1. The average Bonchev–Trinajstić information content (AvgIpc) is 2.72. The first-order chi connectivity index (χ1) is 15.6. The van der Waals surface area contributed by atoms with Gasteiger partial charge in [-0.05, 0) is 25.3 Å². The third kappa shape index (κ3) is 5.49. The number of carboxylic acid groups (broad SMARTS) is 1. The highest BCUT2D eigenvalue weighted by Crippen LogP contribution is 2.57. The van der Waals surface area contributed by atoms with Gasteiger partial charge in [0.1, 0.15) is 0 Å². The van der Waals surface area contributed by atoms with Crippen LogP contribution in [-0.4, -0.2) is 71.1 Å². The fraction of sp³-hybridized carbons (Fsp3) is 0.778. The van der Waals surface area contributed by atoms with Crippen molar-refractivity contribution < 1.29 is 67.7 Å². The molecule has 0 radical (unpaired) electrons. The van der Waals surface area contributed by atoms with Crippen LogP contribution >= 0.6 is 0 Å². The van der Waals surface area contributed by atoms with E-state index in [4.69, 9.17) is 15.6 Å². The first-order valence-electron chi connectivity index (χ1n) is 9.84. The third-order valence-corrected chi connectivity index (χ3v) is 5.29. The minimum absolute atomic E-state index is 0.242. The fourth-order valence-corrected chi connectivity index (χ4v) is 3.13. The average molecular weight is 538 g/mol. The van der Waals surface area contributed by atoms with Gasteiger partial charge in [-0.3, -0.25) is 4.79 Å². The Bertz CT molecular complexity index is 826. The third-order valence-electron chi connectivity index (χ3n) is 5.29. The van der Waals surface area contributed by atoms with E-state index in [0.29, 0.717) is 0 Å². The van der Waals surface area contributed by atoms with E-state index in [1.165, 1.54) is 0 Å². The van der Waals surface area contributed by atoms with E-state index < -0.39 is 78.0 Å². The molecule has 0 aliphatic heterocycles. The topological polar surface area (TPSA) is 102 Å². The summed E-state index contributed by atoms with van der Waals surface area (Å²) in [5.74, 6) is -34.6. The van der Waals surface area contributed by atoms with Crippen molar-refractivity contribution >= 4 is 11.9 Å². The second kappa shape index (κ2) is 10.1. The molecule has 0 spiro atoms. The van der Waals surface area contributed by atoms with Gasteiger partial charge in [-0.1, -0.05) is 13.8 Å². The van der Waals surface area contributed by atoms with Crippen LogP contribution in [0.15, 0.2) is 11.6 Å². The van der Waals surface area contributed by atoms with Crippen LogP contribution in [0.1, 0.15) is 33.1 Å². The Morgan fingerprint density at radius 2 is 1.49 bits per heavy atom. The SMILES string of the molecule is CCC(CC)O[C@@H]1C=C(C(=O)O)C[C@H](N)[C@H]1NC(=O)C(F)(F)C(F)(F)C(F)(F)C(F)(F)C(F)(F)F. The molecule has 0 aromatic rings. The highest BCUT2D eigenvalue weighted by Gasteiger charge is 2.88. The number of hydrogen-bond acceptors (Lipinski definition) is 4. The lowest BCUT2D eigenvalue weighted by Gasteiger charge is -2.39. The van der Waals surface area contributed by atoms with Crippen LogP contribution in [-0.2, 0) is 14.3 Å². The molecule has 17 heteroatoms. The Kier molecular flexibility index (Phi) is 8.87. The summed E-state index contributed by atoms with van der Waals surface area (Å²) in [5.41, 5.74) is 5.18.